The molecule has 1 heterocycles. The van der Waals surface area contributed by atoms with Gasteiger partial charge in [-0.25, -0.2) is 9.78 Å². The van der Waals surface area contributed by atoms with Gasteiger partial charge in [0.2, 0.25) is 0 Å². The van der Waals surface area contributed by atoms with E-state index < -0.39 is 12.1 Å². The fourth-order valence-corrected chi connectivity index (χ4v) is 3.11. The molecule has 1 N–H and O–H groups in total. The summed E-state index contributed by atoms with van der Waals surface area (Å²) < 4.78 is 6.40. The molecule has 0 spiro atoms. The molecule has 128 valence electrons. The number of amides is 1. The predicted octanol–water partition coefficient (Wildman–Crippen LogP) is 4.12. The van der Waals surface area contributed by atoms with Crippen LogP contribution in [0.25, 0.3) is 10.2 Å². The normalized spacial score (nSPS) is 12.1. The number of anilines is 1. The van der Waals surface area contributed by atoms with Crippen LogP contribution in [0.3, 0.4) is 0 Å². The number of carbonyl (C=O) groups excluding carboxylic acids is 2. The van der Waals surface area contributed by atoms with Crippen molar-refractivity contribution in [2.45, 2.75) is 20.0 Å². The van der Waals surface area contributed by atoms with Crippen LogP contribution in [-0.4, -0.2) is 23.0 Å². The summed E-state index contributed by atoms with van der Waals surface area (Å²) in [6.07, 6.45) is -0.870. The Hall–Kier alpha value is -2.73. The minimum atomic E-state index is -0.870. The fourth-order valence-electron chi connectivity index (χ4n) is 2.39. The number of carbonyl (C=O) groups is 2. The summed E-state index contributed by atoms with van der Waals surface area (Å²) in [6.45, 7) is 3.68. The minimum Gasteiger partial charge on any atom is -0.448 e. The van der Waals surface area contributed by atoms with Crippen LogP contribution in [0.1, 0.15) is 24.2 Å². The van der Waals surface area contributed by atoms with E-state index in [2.05, 4.69) is 10.3 Å². The summed E-state index contributed by atoms with van der Waals surface area (Å²) in [5.74, 6) is -1.01. The van der Waals surface area contributed by atoms with E-state index in [0.717, 1.165) is 10.2 Å². The first-order valence-corrected chi connectivity index (χ1v) is 8.82. The van der Waals surface area contributed by atoms with Gasteiger partial charge in [-0.3, -0.25) is 4.79 Å². The number of rotatable bonds is 5. The Morgan fingerprint density at radius 2 is 1.88 bits per heavy atom. The summed E-state index contributed by atoms with van der Waals surface area (Å²) >= 11 is 1.45. The molecular weight excluding hydrogens is 336 g/mol. The first kappa shape index (κ1) is 17.1. The Morgan fingerprint density at radius 3 is 2.60 bits per heavy atom. The van der Waals surface area contributed by atoms with Crippen molar-refractivity contribution < 1.29 is 14.3 Å². The maximum Gasteiger partial charge on any atom is 0.338 e. The average Bonchev–Trinajstić information content (AvgIpc) is 3.07. The molecule has 0 aliphatic carbocycles. The van der Waals surface area contributed by atoms with E-state index in [0.29, 0.717) is 11.3 Å². The molecular formula is C19H18N2O3S. The van der Waals surface area contributed by atoms with Crippen molar-refractivity contribution in [3.63, 3.8) is 0 Å². The van der Waals surface area contributed by atoms with E-state index in [1.807, 2.05) is 32.0 Å². The van der Waals surface area contributed by atoms with Gasteiger partial charge in [-0.2, -0.15) is 0 Å². The first-order valence-electron chi connectivity index (χ1n) is 7.95. The lowest BCUT2D eigenvalue weighted by Gasteiger charge is -2.20. The highest BCUT2D eigenvalue weighted by Gasteiger charge is 2.27. The van der Waals surface area contributed by atoms with Gasteiger partial charge in [0.05, 0.1) is 21.3 Å². The Bertz CT molecular complexity index is 890. The Kier molecular flexibility index (Phi) is 5.09. The van der Waals surface area contributed by atoms with Crippen LogP contribution in [0.4, 0.5) is 5.69 Å². The molecule has 2 aromatic carbocycles. The molecule has 0 bridgehead atoms. The first-order chi connectivity index (χ1) is 12.0. The Balaban J connectivity index is 1.74. The van der Waals surface area contributed by atoms with E-state index in [1.165, 1.54) is 11.3 Å². The van der Waals surface area contributed by atoms with Gasteiger partial charge in [0.15, 0.2) is 6.10 Å². The lowest BCUT2D eigenvalue weighted by Crippen LogP contribution is -2.36. The van der Waals surface area contributed by atoms with Crippen molar-refractivity contribution in [1.82, 2.24) is 4.98 Å². The smallest absolute Gasteiger partial charge is 0.338 e. The number of benzene rings is 2. The second kappa shape index (κ2) is 7.44. The summed E-state index contributed by atoms with van der Waals surface area (Å²) in [7, 11) is 0. The van der Waals surface area contributed by atoms with Gasteiger partial charge >= 0.3 is 5.97 Å². The minimum absolute atomic E-state index is 0.153. The van der Waals surface area contributed by atoms with Gasteiger partial charge in [-0.05, 0) is 36.2 Å². The molecule has 3 aromatic rings. The number of nitrogens with zero attached hydrogens (tertiary/aromatic N) is 1. The van der Waals surface area contributed by atoms with Gasteiger partial charge in [-0.1, -0.05) is 32.0 Å². The molecule has 3 rings (SSSR count). The summed E-state index contributed by atoms with van der Waals surface area (Å²) in [5, 5.41) is 2.78. The molecule has 0 fully saturated rings. The molecule has 0 radical (unpaired) electrons. The van der Waals surface area contributed by atoms with E-state index >= 15 is 0 Å². The molecule has 1 amide bonds. The van der Waals surface area contributed by atoms with Crippen LogP contribution in [0, 0.1) is 5.92 Å². The molecule has 0 unspecified atom stereocenters. The van der Waals surface area contributed by atoms with E-state index in [9.17, 15) is 9.59 Å². The second-order valence-corrected chi connectivity index (χ2v) is 6.85. The quantitative estimate of drug-likeness (QED) is 0.700. The molecule has 0 saturated carbocycles. The second-order valence-electron chi connectivity index (χ2n) is 5.96. The molecule has 25 heavy (non-hydrogen) atoms. The van der Waals surface area contributed by atoms with E-state index in [1.54, 1.807) is 35.8 Å². The zero-order valence-electron chi connectivity index (χ0n) is 13.9. The molecule has 0 aliphatic rings. The summed E-state index contributed by atoms with van der Waals surface area (Å²) in [6, 6.07) is 14.3. The number of aromatic nitrogens is 1. The highest BCUT2D eigenvalue weighted by molar-refractivity contribution is 7.16. The van der Waals surface area contributed by atoms with E-state index in [-0.39, 0.29) is 11.8 Å². The maximum absolute atomic E-state index is 12.5. The number of hydrogen-bond acceptors (Lipinski definition) is 5. The largest absolute Gasteiger partial charge is 0.448 e. The SMILES string of the molecule is CC(C)[C@@H](OC(=O)c1ccc2ncsc2c1)C(=O)Nc1ccccc1. The zero-order valence-corrected chi connectivity index (χ0v) is 14.7. The Morgan fingerprint density at radius 1 is 1.12 bits per heavy atom. The Labute approximate surface area is 149 Å². The molecule has 0 aliphatic heterocycles. The number of para-hydroxylation sites is 1. The number of fused-ring (bicyclic) bond motifs is 1. The van der Waals surface area contributed by atoms with Crippen LogP contribution >= 0.6 is 11.3 Å². The maximum atomic E-state index is 12.5. The lowest BCUT2D eigenvalue weighted by molar-refractivity contribution is -0.126. The van der Waals surface area contributed by atoms with Gasteiger partial charge in [0.1, 0.15) is 0 Å². The van der Waals surface area contributed by atoms with Crippen molar-refractivity contribution in [3.05, 3.63) is 59.6 Å². The highest BCUT2D eigenvalue weighted by atomic mass is 32.1. The zero-order chi connectivity index (χ0) is 17.8. The molecule has 1 atom stereocenters. The van der Waals surface area contributed by atoms with E-state index in [4.69, 9.17) is 4.74 Å². The van der Waals surface area contributed by atoms with Crippen molar-refractivity contribution in [2.75, 3.05) is 5.32 Å². The molecule has 5 nitrogen and oxygen atoms in total. The summed E-state index contributed by atoms with van der Waals surface area (Å²) in [4.78, 5) is 29.1. The highest BCUT2D eigenvalue weighted by Crippen LogP contribution is 2.21. The van der Waals surface area contributed by atoms with Crippen molar-refractivity contribution in [3.8, 4) is 0 Å². The van der Waals surface area contributed by atoms with Crippen LogP contribution in [0.2, 0.25) is 0 Å². The third-order valence-corrected chi connectivity index (χ3v) is 4.50. The van der Waals surface area contributed by atoms with Crippen molar-refractivity contribution >= 4 is 39.1 Å². The molecule has 0 saturated heterocycles. The number of ether oxygens (including phenoxy) is 1. The fraction of sp³-hybridized carbons (Fsp3) is 0.211. The lowest BCUT2D eigenvalue weighted by atomic mass is 10.1. The molecule has 1 aromatic heterocycles. The van der Waals surface area contributed by atoms with Crippen molar-refractivity contribution in [2.24, 2.45) is 5.92 Å². The third kappa shape index (κ3) is 4.03. The van der Waals surface area contributed by atoms with Gasteiger partial charge in [0, 0.05) is 5.69 Å². The third-order valence-electron chi connectivity index (χ3n) is 3.71. The predicted molar refractivity (Wildman–Crippen MR) is 98.7 cm³/mol. The van der Waals surface area contributed by atoms with Crippen molar-refractivity contribution in [1.29, 1.82) is 0 Å². The van der Waals surface area contributed by atoms with Crippen LogP contribution in [-0.2, 0) is 9.53 Å². The average molecular weight is 354 g/mol. The molecule has 6 heteroatoms. The number of esters is 1. The van der Waals surface area contributed by atoms with Crippen LogP contribution in [0.15, 0.2) is 54.0 Å². The van der Waals surface area contributed by atoms with Gasteiger partial charge < -0.3 is 10.1 Å². The van der Waals surface area contributed by atoms with Crippen LogP contribution in [0.5, 0.6) is 0 Å². The topological polar surface area (TPSA) is 68.3 Å². The van der Waals surface area contributed by atoms with Gasteiger partial charge in [-0.15, -0.1) is 11.3 Å². The number of nitrogens with one attached hydrogen (secondary N) is 1. The summed E-state index contributed by atoms with van der Waals surface area (Å²) in [5.41, 5.74) is 3.64. The monoisotopic (exact) mass is 354 g/mol. The van der Waals surface area contributed by atoms with Gasteiger partial charge in [0.25, 0.3) is 5.91 Å². The van der Waals surface area contributed by atoms with Crippen LogP contribution < -0.4 is 5.32 Å². The standard InChI is InChI=1S/C19H18N2O3S/c1-12(2)17(18(22)21-14-6-4-3-5-7-14)24-19(23)13-8-9-15-16(10-13)25-11-20-15/h3-12,17H,1-2H3,(H,21,22)/t17-/m1/s1. The number of hydrogen-bond donors (Lipinski definition) is 1. The number of thiazole rings is 1.